The van der Waals surface area contributed by atoms with Crippen LogP contribution in [0.4, 0.5) is 0 Å². The Morgan fingerprint density at radius 2 is 1.70 bits per heavy atom. The zero-order chi connectivity index (χ0) is 15.8. The average Bonchev–Trinajstić information content (AvgIpc) is 3.20. The van der Waals surface area contributed by atoms with Crippen LogP contribution in [0.2, 0.25) is 0 Å². The maximum absolute atomic E-state index is 13.0. The van der Waals surface area contributed by atoms with E-state index in [9.17, 15) is 4.79 Å². The number of carbonyl (C=O) groups excluding carboxylic acids is 1. The van der Waals surface area contributed by atoms with Crippen molar-refractivity contribution in [3.63, 3.8) is 0 Å². The van der Waals surface area contributed by atoms with E-state index in [1.807, 2.05) is 43.3 Å². The topological polar surface area (TPSA) is 63.6 Å². The minimum Gasteiger partial charge on any atom is -0.279 e. The van der Waals surface area contributed by atoms with Crippen LogP contribution in [0.15, 0.2) is 60.0 Å². The van der Waals surface area contributed by atoms with E-state index in [4.69, 9.17) is 0 Å². The Morgan fingerprint density at radius 3 is 2.26 bits per heavy atom. The molecule has 2 heterocycles. The van der Waals surface area contributed by atoms with E-state index in [1.165, 1.54) is 18.1 Å². The molecular weight excluding hydrogens is 308 g/mol. The molecule has 4 aromatic rings. The lowest BCUT2D eigenvalue weighted by Crippen LogP contribution is -2.21. The van der Waals surface area contributed by atoms with Crippen molar-refractivity contribution in [3.05, 3.63) is 54.9 Å². The molecule has 1 N–H and O–H groups in total. The van der Waals surface area contributed by atoms with Crippen LogP contribution in [0.1, 0.15) is 11.7 Å². The van der Waals surface area contributed by atoms with Crippen molar-refractivity contribution < 1.29 is 4.79 Å². The first-order valence-corrected chi connectivity index (χ1v) is 8.18. The number of aromatic amines is 1. The number of hydrogen-bond donors (Lipinski definition) is 1. The van der Waals surface area contributed by atoms with E-state index in [-0.39, 0.29) is 11.2 Å². The molecule has 0 radical (unpaired) electrons. The summed E-state index contributed by atoms with van der Waals surface area (Å²) in [6, 6.07) is 16.0. The van der Waals surface area contributed by atoms with Crippen molar-refractivity contribution >= 4 is 39.5 Å². The normalized spacial score (nSPS) is 12.7. The molecule has 5 nitrogen and oxygen atoms in total. The maximum atomic E-state index is 13.0. The molecule has 0 saturated heterocycles. The number of nitrogens with zero attached hydrogens (tertiary/aromatic N) is 3. The number of H-pyrrole nitrogens is 1. The third-order valence-electron chi connectivity index (χ3n) is 3.83. The number of thioether (sulfide) groups is 1. The van der Waals surface area contributed by atoms with Crippen LogP contribution in [0.3, 0.4) is 0 Å². The zero-order valence-electron chi connectivity index (χ0n) is 12.4. The molecule has 0 saturated carbocycles. The first kappa shape index (κ1) is 14.0. The number of rotatable bonds is 3. The summed E-state index contributed by atoms with van der Waals surface area (Å²) in [6.45, 7) is 1.89. The van der Waals surface area contributed by atoms with Crippen LogP contribution in [-0.4, -0.2) is 30.9 Å². The summed E-state index contributed by atoms with van der Waals surface area (Å²) in [6.07, 6.45) is 1.44. The molecule has 6 heteroatoms. The summed E-state index contributed by atoms with van der Waals surface area (Å²) >= 11 is 1.37. The second-order valence-corrected chi connectivity index (χ2v) is 6.59. The summed E-state index contributed by atoms with van der Waals surface area (Å²) in [5.74, 6) is 0.0313. The average molecular weight is 322 g/mol. The molecule has 0 aliphatic rings. The van der Waals surface area contributed by atoms with E-state index in [2.05, 4.69) is 27.3 Å². The Balaban J connectivity index is 1.84. The van der Waals surface area contributed by atoms with Gasteiger partial charge in [-0.3, -0.25) is 14.5 Å². The minimum absolute atomic E-state index is 0.0313. The summed E-state index contributed by atoms with van der Waals surface area (Å²) in [7, 11) is 0. The number of para-hydroxylation sites is 2. The van der Waals surface area contributed by atoms with Crippen molar-refractivity contribution in [2.24, 2.45) is 0 Å². The summed E-state index contributed by atoms with van der Waals surface area (Å²) in [5.41, 5.74) is 1.87. The first-order valence-electron chi connectivity index (χ1n) is 7.30. The van der Waals surface area contributed by atoms with E-state index >= 15 is 0 Å². The monoisotopic (exact) mass is 322 g/mol. The second kappa shape index (κ2) is 5.55. The summed E-state index contributed by atoms with van der Waals surface area (Å²) in [5, 5.41) is 9.16. The van der Waals surface area contributed by atoms with Crippen LogP contribution in [0.5, 0.6) is 0 Å². The molecule has 114 valence electrons. The van der Waals surface area contributed by atoms with Gasteiger partial charge in [0.15, 0.2) is 5.16 Å². The van der Waals surface area contributed by atoms with Crippen molar-refractivity contribution in [1.82, 2.24) is 19.7 Å². The highest BCUT2D eigenvalue weighted by Gasteiger charge is 2.22. The van der Waals surface area contributed by atoms with E-state index < -0.39 is 0 Å². The fourth-order valence-electron chi connectivity index (χ4n) is 2.81. The Hall–Kier alpha value is -2.60. The van der Waals surface area contributed by atoms with Gasteiger partial charge >= 0.3 is 0 Å². The highest BCUT2D eigenvalue weighted by atomic mass is 32.2. The first-order chi connectivity index (χ1) is 11.3. The predicted molar refractivity (Wildman–Crippen MR) is 91.8 cm³/mol. The summed E-state index contributed by atoms with van der Waals surface area (Å²) in [4.78, 5) is 17.1. The lowest BCUT2D eigenvalue weighted by atomic mass is 10.2. The van der Waals surface area contributed by atoms with Gasteiger partial charge in [-0.1, -0.05) is 48.2 Å². The Bertz CT molecular complexity index is 937. The number of fused-ring (bicyclic) bond motifs is 3. The van der Waals surface area contributed by atoms with E-state index in [0.29, 0.717) is 5.16 Å². The molecule has 0 fully saturated rings. The smallest absolute Gasteiger partial charge is 0.244 e. The number of aromatic nitrogens is 4. The van der Waals surface area contributed by atoms with Crippen molar-refractivity contribution in [3.8, 4) is 0 Å². The molecule has 0 unspecified atom stereocenters. The summed E-state index contributed by atoms with van der Waals surface area (Å²) < 4.78 is 1.80. The predicted octanol–water partition coefficient (Wildman–Crippen LogP) is 3.73. The molecule has 1 atom stereocenters. The highest BCUT2D eigenvalue weighted by molar-refractivity contribution is 8.00. The fourth-order valence-corrected chi connectivity index (χ4v) is 3.57. The fraction of sp³-hybridized carbons (Fsp3) is 0.118. The van der Waals surface area contributed by atoms with Crippen LogP contribution in [-0.2, 0) is 0 Å². The zero-order valence-corrected chi connectivity index (χ0v) is 13.2. The molecule has 0 aliphatic carbocycles. The Morgan fingerprint density at radius 1 is 1.09 bits per heavy atom. The third-order valence-corrected chi connectivity index (χ3v) is 4.80. The van der Waals surface area contributed by atoms with E-state index in [0.717, 1.165) is 21.8 Å². The van der Waals surface area contributed by atoms with Crippen LogP contribution >= 0.6 is 11.8 Å². The quantitative estimate of drug-likeness (QED) is 0.584. The molecule has 0 amide bonds. The van der Waals surface area contributed by atoms with Gasteiger partial charge in [-0.25, -0.2) is 4.98 Å². The van der Waals surface area contributed by atoms with Gasteiger partial charge in [0.1, 0.15) is 6.33 Å². The van der Waals surface area contributed by atoms with Crippen molar-refractivity contribution in [2.75, 3.05) is 0 Å². The largest absolute Gasteiger partial charge is 0.279 e. The number of hydrogen-bond acceptors (Lipinski definition) is 4. The lowest BCUT2D eigenvalue weighted by molar-refractivity contribution is 0.0925. The van der Waals surface area contributed by atoms with Crippen molar-refractivity contribution in [2.45, 2.75) is 17.3 Å². The van der Waals surface area contributed by atoms with Gasteiger partial charge in [-0.15, -0.1) is 0 Å². The van der Waals surface area contributed by atoms with Gasteiger partial charge < -0.3 is 0 Å². The molecule has 0 aliphatic heterocycles. The minimum atomic E-state index is -0.276. The van der Waals surface area contributed by atoms with Gasteiger partial charge in [0.25, 0.3) is 0 Å². The Kier molecular flexibility index (Phi) is 3.38. The molecular formula is C17H14N4OS. The SMILES string of the molecule is C[C@@H](Sc1ncn[nH]1)C(=O)n1c2ccccc2c2ccccc21. The van der Waals surface area contributed by atoms with Crippen LogP contribution < -0.4 is 0 Å². The molecule has 0 spiro atoms. The van der Waals surface area contributed by atoms with Crippen LogP contribution in [0.25, 0.3) is 21.8 Å². The molecule has 0 bridgehead atoms. The van der Waals surface area contributed by atoms with Crippen LogP contribution in [0, 0.1) is 0 Å². The molecule has 4 rings (SSSR count). The third kappa shape index (κ3) is 2.31. The van der Waals surface area contributed by atoms with Gasteiger partial charge in [-0.05, 0) is 19.1 Å². The Labute approximate surface area is 136 Å². The van der Waals surface area contributed by atoms with E-state index in [1.54, 1.807) is 4.57 Å². The van der Waals surface area contributed by atoms with Gasteiger partial charge in [0, 0.05) is 10.8 Å². The number of nitrogens with one attached hydrogen (secondary N) is 1. The second-order valence-electron chi connectivity index (χ2n) is 5.26. The number of benzene rings is 2. The molecule has 2 aromatic heterocycles. The molecule has 2 aromatic carbocycles. The van der Waals surface area contributed by atoms with Crippen molar-refractivity contribution in [1.29, 1.82) is 0 Å². The molecule has 23 heavy (non-hydrogen) atoms. The highest BCUT2D eigenvalue weighted by Crippen LogP contribution is 2.30. The maximum Gasteiger partial charge on any atom is 0.244 e. The standard InChI is InChI=1S/C17H14N4OS/c1-11(23-17-18-10-19-20-17)16(22)21-14-8-4-2-6-12(14)13-7-3-5-9-15(13)21/h2-11H,1H3,(H,18,19,20)/t11-/m1/s1. The van der Waals surface area contributed by atoms with Gasteiger partial charge in [-0.2, -0.15) is 5.10 Å². The number of carbonyl (C=O) groups is 1. The lowest BCUT2D eigenvalue weighted by Gasteiger charge is -2.11. The van der Waals surface area contributed by atoms with Gasteiger partial charge in [0.05, 0.1) is 16.3 Å². The van der Waals surface area contributed by atoms with Gasteiger partial charge in [0.2, 0.25) is 5.91 Å².